The molecule has 1 aliphatic rings. The van der Waals surface area contributed by atoms with E-state index in [1.807, 2.05) is 23.5 Å². The van der Waals surface area contributed by atoms with E-state index in [1.165, 1.54) is 23.4 Å². The van der Waals surface area contributed by atoms with Crippen LogP contribution in [0.2, 0.25) is 0 Å². The first kappa shape index (κ1) is 15.2. The molecule has 0 amide bonds. The summed E-state index contributed by atoms with van der Waals surface area (Å²) in [6, 6.07) is 7.58. The van der Waals surface area contributed by atoms with Gasteiger partial charge in [0.15, 0.2) is 0 Å². The van der Waals surface area contributed by atoms with E-state index >= 15 is 0 Å². The lowest BCUT2D eigenvalue weighted by molar-refractivity contribution is 0.0697. The van der Waals surface area contributed by atoms with Crippen molar-refractivity contribution in [2.75, 3.05) is 7.05 Å². The molecule has 0 spiro atoms. The number of benzene rings is 1. The van der Waals surface area contributed by atoms with Gasteiger partial charge >= 0.3 is 5.97 Å². The molecule has 1 aromatic heterocycles. The van der Waals surface area contributed by atoms with Crippen LogP contribution in [0.3, 0.4) is 0 Å². The highest BCUT2D eigenvalue weighted by molar-refractivity contribution is 7.11. The third kappa shape index (κ3) is 3.05. The molecule has 0 aliphatic heterocycles. The number of aromatic nitrogens is 1. The Bertz CT molecular complexity index is 678. The average molecular weight is 316 g/mol. The maximum Gasteiger partial charge on any atom is 0.335 e. The normalized spacial score (nSPS) is 17.5. The van der Waals surface area contributed by atoms with Gasteiger partial charge in [-0.05, 0) is 50.9 Å². The van der Waals surface area contributed by atoms with Crippen LogP contribution in [0.1, 0.15) is 50.4 Å². The molecule has 3 rings (SSSR count). The molecule has 5 heteroatoms. The van der Waals surface area contributed by atoms with Gasteiger partial charge in [-0.15, -0.1) is 11.3 Å². The predicted octanol–water partition coefficient (Wildman–Crippen LogP) is 3.66. The largest absolute Gasteiger partial charge is 0.478 e. The number of fused-ring (bicyclic) bond motifs is 1. The van der Waals surface area contributed by atoms with E-state index < -0.39 is 5.97 Å². The minimum atomic E-state index is -0.878. The maximum absolute atomic E-state index is 10.9. The molecule has 22 heavy (non-hydrogen) atoms. The van der Waals surface area contributed by atoms with Crippen LogP contribution in [-0.2, 0) is 13.0 Å². The second kappa shape index (κ2) is 6.18. The van der Waals surface area contributed by atoms with Crippen LogP contribution in [0.15, 0.2) is 24.3 Å². The standard InChI is InChI=1S/C17H20N2O2S/c1-11-18-14-4-3-5-15(16(14)22-11)19(2)10-12-6-8-13(9-7-12)17(20)21/h6-9,15H,3-5,10H2,1-2H3,(H,20,21). The monoisotopic (exact) mass is 316 g/mol. The summed E-state index contributed by atoms with van der Waals surface area (Å²) in [5, 5.41) is 10.1. The number of thiazole rings is 1. The van der Waals surface area contributed by atoms with Gasteiger partial charge < -0.3 is 5.11 Å². The Labute approximate surface area is 134 Å². The Hall–Kier alpha value is -1.72. The number of carboxylic acids is 1. The smallest absolute Gasteiger partial charge is 0.335 e. The summed E-state index contributed by atoms with van der Waals surface area (Å²) in [4.78, 5) is 19.3. The summed E-state index contributed by atoms with van der Waals surface area (Å²) in [7, 11) is 2.14. The summed E-state index contributed by atoms with van der Waals surface area (Å²) in [6.45, 7) is 2.89. The summed E-state index contributed by atoms with van der Waals surface area (Å²) < 4.78 is 0. The minimum Gasteiger partial charge on any atom is -0.478 e. The van der Waals surface area contributed by atoms with Crippen molar-refractivity contribution >= 4 is 17.3 Å². The van der Waals surface area contributed by atoms with E-state index in [0.29, 0.717) is 11.6 Å². The molecule has 4 nitrogen and oxygen atoms in total. The van der Waals surface area contributed by atoms with Gasteiger partial charge in [0.25, 0.3) is 0 Å². The summed E-state index contributed by atoms with van der Waals surface area (Å²) >= 11 is 1.81. The van der Waals surface area contributed by atoms with Crippen LogP contribution in [0.4, 0.5) is 0 Å². The third-order valence-corrected chi connectivity index (χ3v) is 5.31. The van der Waals surface area contributed by atoms with E-state index in [1.54, 1.807) is 12.1 Å². The zero-order valence-electron chi connectivity index (χ0n) is 12.9. The molecule has 0 fully saturated rings. The zero-order chi connectivity index (χ0) is 15.7. The second-order valence-electron chi connectivity index (χ2n) is 5.87. The Kier molecular flexibility index (Phi) is 4.27. The molecule has 1 N–H and O–H groups in total. The first-order valence-corrected chi connectivity index (χ1v) is 8.35. The third-order valence-electron chi connectivity index (χ3n) is 4.19. The molecule has 0 bridgehead atoms. The SMILES string of the molecule is Cc1nc2c(s1)C(N(C)Cc1ccc(C(=O)O)cc1)CCC2. The van der Waals surface area contributed by atoms with Gasteiger partial charge in [0.05, 0.1) is 16.3 Å². The van der Waals surface area contributed by atoms with Crippen molar-refractivity contribution in [2.45, 2.75) is 38.8 Å². The number of carboxylic acid groups (broad SMARTS) is 1. The maximum atomic E-state index is 10.9. The number of hydrogen-bond donors (Lipinski definition) is 1. The first-order valence-electron chi connectivity index (χ1n) is 7.53. The summed E-state index contributed by atoms with van der Waals surface area (Å²) in [6.07, 6.45) is 3.44. The topological polar surface area (TPSA) is 53.4 Å². The van der Waals surface area contributed by atoms with Crippen LogP contribution < -0.4 is 0 Å². The molecule has 1 aliphatic carbocycles. The molecular weight excluding hydrogens is 296 g/mol. The zero-order valence-corrected chi connectivity index (χ0v) is 13.7. The first-order chi connectivity index (χ1) is 10.5. The lowest BCUT2D eigenvalue weighted by Crippen LogP contribution is -2.26. The predicted molar refractivity (Wildman–Crippen MR) is 87.4 cm³/mol. The van der Waals surface area contributed by atoms with Crippen molar-refractivity contribution in [3.63, 3.8) is 0 Å². The highest BCUT2D eigenvalue weighted by atomic mass is 32.1. The Morgan fingerprint density at radius 2 is 2.14 bits per heavy atom. The van der Waals surface area contributed by atoms with Crippen molar-refractivity contribution in [2.24, 2.45) is 0 Å². The van der Waals surface area contributed by atoms with Crippen molar-refractivity contribution in [3.05, 3.63) is 51.0 Å². The molecule has 1 aromatic carbocycles. The molecule has 1 atom stereocenters. The second-order valence-corrected chi connectivity index (χ2v) is 7.10. The van der Waals surface area contributed by atoms with Crippen LogP contribution in [0, 0.1) is 6.92 Å². The summed E-state index contributed by atoms with van der Waals surface area (Å²) in [5.74, 6) is -0.878. The fourth-order valence-corrected chi connectivity index (χ4v) is 4.26. The molecule has 0 saturated carbocycles. The van der Waals surface area contributed by atoms with Crippen molar-refractivity contribution in [1.82, 2.24) is 9.88 Å². The van der Waals surface area contributed by atoms with E-state index in [9.17, 15) is 4.79 Å². The summed E-state index contributed by atoms with van der Waals surface area (Å²) in [5.41, 5.74) is 2.75. The van der Waals surface area contributed by atoms with Crippen molar-refractivity contribution in [3.8, 4) is 0 Å². The quantitative estimate of drug-likeness (QED) is 0.935. The van der Waals surface area contributed by atoms with Gasteiger partial charge in [-0.3, -0.25) is 4.90 Å². The molecular formula is C17H20N2O2S. The number of hydrogen-bond acceptors (Lipinski definition) is 4. The Morgan fingerprint density at radius 3 is 2.82 bits per heavy atom. The van der Waals surface area contributed by atoms with E-state index in [2.05, 4.69) is 23.9 Å². The van der Waals surface area contributed by atoms with Gasteiger partial charge in [-0.25, -0.2) is 9.78 Å². The number of carbonyl (C=O) groups is 1. The molecule has 0 saturated heterocycles. The van der Waals surface area contributed by atoms with Crippen LogP contribution in [0.25, 0.3) is 0 Å². The van der Waals surface area contributed by atoms with Gasteiger partial charge in [-0.1, -0.05) is 12.1 Å². The fraction of sp³-hybridized carbons (Fsp3) is 0.412. The van der Waals surface area contributed by atoms with Gasteiger partial charge in [0.2, 0.25) is 0 Å². The highest BCUT2D eigenvalue weighted by Gasteiger charge is 2.26. The number of rotatable bonds is 4. The average Bonchev–Trinajstić information content (AvgIpc) is 2.87. The van der Waals surface area contributed by atoms with E-state index in [4.69, 9.17) is 5.11 Å². The fourth-order valence-electron chi connectivity index (χ4n) is 3.09. The van der Waals surface area contributed by atoms with E-state index in [-0.39, 0.29) is 0 Å². The molecule has 116 valence electrons. The molecule has 1 unspecified atom stereocenters. The van der Waals surface area contributed by atoms with E-state index in [0.717, 1.165) is 23.5 Å². The van der Waals surface area contributed by atoms with Gasteiger partial charge in [0.1, 0.15) is 0 Å². The molecule has 0 radical (unpaired) electrons. The van der Waals surface area contributed by atoms with Crippen LogP contribution in [0.5, 0.6) is 0 Å². The number of aryl methyl sites for hydroxylation is 2. The lowest BCUT2D eigenvalue weighted by Gasteiger charge is -2.30. The van der Waals surface area contributed by atoms with Gasteiger partial charge in [0, 0.05) is 17.5 Å². The lowest BCUT2D eigenvalue weighted by atomic mass is 9.96. The van der Waals surface area contributed by atoms with Crippen molar-refractivity contribution < 1.29 is 9.90 Å². The van der Waals surface area contributed by atoms with Gasteiger partial charge in [-0.2, -0.15) is 0 Å². The van der Waals surface area contributed by atoms with Crippen LogP contribution in [-0.4, -0.2) is 28.0 Å². The number of nitrogens with zero attached hydrogens (tertiary/aromatic N) is 2. The molecule has 1 heterocycles. The Balaban J connectivity index is 1.74. The number of aromatic carboxylic acids is 1. The van der Waals surface area contributed by atoms with Crippen molar-refractivity contribution in [1.29, 1.82) is 0 Å². The highest BCUT2D eigenvalue weighted by Crippen LogP contribution is 2.37. The Morgan fingerprint density at radius 1 is 1.41 bits per heavy atom. The molecule has 2 aromatic rings. The minimum absolute atomic E-state index is 0.337. The van der Waals surface area contributed by atoms with Crippen LogP contribution >= 0.6 is 11.3 Å².